The van der Waals surface area contributed by atoms with E-state index in [9.17, 15) is 4.39 Å². The molecule has 0 bridgehead atoms. The van der Waals surface area contributed by atoms with E-state index in [1.165, 1.54) is 12.8 Å². The van der Waals surface area contributed by atoms with Crippen LogP contribution in [0.15, 0.2) is 18.2 Å². The maximum atomic E-state index is 13.4. The van der Waals surface area contributed by atoms with E-state index < -0.39 is 0 Å². The minimum Gasteiger partial charge on any atom is -0.329 e. The van der Waals surface area contributed by atoms with E-state index in [1.807, 2.05) is 19.1 Å². The Hall–Kier alpha value is -0.930. The second-order valence-electron chi connectivity index (χ2n) is 5.95. The van der Waals surface area contributed by atoms with Crippen LogP contribution in [-0.2, 0) is 0 Å². The van der Waals surface area contributed by atoms with Crippen molar-refractivity contribution < 1.29 is 4.39 Å². The molecule has 1 aliphatic rings. The minimum atomic E-state index is -0.138. The first-order valence-corrected chi connectivity index (χ1v) is 7.26. The van der Waals surface area contributed by atoms with Crippen molar-refractivity contribution in [2.45, 2.75) is 45.7 Å². The van der Waals surface area contributed by atoms with E-state index in [0.717, 1.165) is 12.1 Å². The van der Waals surface area contributed by atoms with Gasteiger partial charge in [-0.2, -0.15) is 0 Å². The number of nitrogens with two attached hydrogens (primary N) is 1. The third kappa shape index (κ3) is 2.98. The summed E-state index contributed by atoms with van der Waals surface area (Å²) < 4.78 is 13.4. The number of hydrogen-bond acceptors (Lipinski definition) is 2. The molecule has 2 N–H and O–H groups in total. The van der Waals surface area contributed by atoms with Gasteiger partial charge in [-0.3, -0.25) is 4.90 Å². The molecule has 2 nitrogen and oxygen atoms in total. The SMILES string of the molecule is Cc1cc(C(CN)N2CCCC2C(C)C)ccc1F. The quantitative estimate of drug-likeness (QED) is 0.904. The molecule has 1 saturated heterocycles. The number of benzene rings is 1. The first-order chi connectivity index (χ1) is 9.04. The summed E-state index contributed by atoms with van der Waals surface area (Å²) in [5, 5.41) is 0. The maximum Gasteiger partial charge on any atom is 0.126 e. The van der Waals surface area contributed by atoms with Gasteiger partial charge in [0.05, 0.1) is 0 Å². The molecular formula is C16H25FN2. The number of hydrogen-bond donors (Lipinski definition) is 1. The van der Waals surface area contributed by atoms with Crippen LogP contribution in [0.2, 0.25) is 0 Å². The molecule has 106 valence electrons. The molecule has 0 radical (unpaired) electrons. The molecule has 1 aromatic carbocycles. The molecule has 1 aromatic rings. The lowest BCUT2D eigenvalue weighted by atomic mass is 9.97. The average molecular weight is 264 g/mol. The smallest absolute Gasteiger partial charge is 0.126 e. The van der Waals surface area contributed by atoms with Crippen molar-refractivity contribution in [3.8, 4) is 0 Å². The van der Waals surface area contributed by atoms with Crippen LogP contribution in [0, 0.1) is 18.7 Å². The number of rotatable bonds is 4. The molecule has 1 fully saturated rings. The van der Waals surface area contributed by atoms with E-state index in [2.05, 4.69) is 18.7 Å². The molecule has 2 atom stereocenters. The summed E-state index contributed by atoms with van der Waals surface area (Å²) in [6, 6.07) is 6.21. The Morgan fingerprint density at radius 3 is 2.74 bits per heavy atom. The van der Waals surface area contributed by atoms with Crippen LogP contribution < -0.4 is 5.73 Å². The zero-order chi connectivity index (χ0) is 14.0. The summed E-state index contributed by atoms with van der Waals surface area (Å²) >= 11 is 0. The Labute approximate surface area is 115 Å². The molecule has 0 aliphatic carbocycles. The Morgan fingerprint density at radius 1 is 1.42 bits per heavy atom. The predicted molar refractivity (Wildman–Crippen MR) is 77.5 cm³/mol. The van der Waals surface area contributed by atoms with Crippen molar-refractivity contribution in [3.05, 3.63) is 35.1 Å². The van der Waals surface area contributed by atoms with Crippen molar-refractivity contribution >= 4 is 0 Å². The van der Waals surface area contributed by atoms with E-state index in [0.29, 0.717) is 24.1 Å². The Morgan fingerprint density at radius 2 is 2.16 bits per heavy atom. The van der Waals surface area contributed by atoms with Gasteiger partial charge < -0.3 is 5.73 Å². The lowest BCUT2D eigenvalue weighted by molar-refractivity contribution is 0.149. The van der Waals surface area contributed by atoms with Gasteiger partial charge >= 0.3 is 0 Å². The fourth-order valence-corrected chi connectivity index (χ4v) is 3.26. The maximum absolute atomic E-state index is 13.4. The molecule has 3 heteroatoms. The molecule has 0 aromatic heterocycles. The molecule has 0 amide bonds. The Balaban J connectivity index is 2.26. The molecule has 1 aliphatic heterocycles. The normalized spacial score (nSPS) is 22.1. The average Bonchev–Trinajstić information content (AvgIpc) is 2.84. The van der Waals surface area contributed by atoms with E-state index in [4.69, 9.17) is 5.73 Å². The van der Waals surface area contributed by atoms with Gasteiger partial charge in [-0.1, -0.05) is 26.0 Å². The van der Waals surface area contributed by atoms with Crippen LogP contribution in [0.4, 0.5) is 4.39 Å². The third-order valence-electron chi connectivity index (χ3n) is 4.30. The standard InChI is InChI=1S/C16H25FN2/c1-11(2)15-5-4-8-19(15)16(10-18)13-6-7-14(17)12(3)9-13/h6-7,9,11,15-16H,4-5,8,10,18H2,1-3H3. The van der Waals surface area contributed by atoms with Gasteiger partial charge in [0.2, 0.25) is 0 Å². The minimum absolute atomic E-state index is 0.138. The molecule has 0 spiro atoms. The Kier molecular flexibility index (Phi) is 4.58. The molecule has 1 heterocycles. The van der Waals surface area contributed by atoms with Gasteiger partial charge in [0.1, 0.15) is 5.82 Å². The largest absolute Gasteiger partial charge is 0.329 e. The van der Waals surface area contributed by atoms with Crippen LogP contribution >= 0.6 is 0 Å². The van der Waals surface area contributed by atoms with Gasteiger partial charge in [0, 0.05) is 18.6 Å². The lowest BCUT2D eigenvalue weighted by Crippen LogP contribution is -2.40. The summed E-state index contributed by atoms with van der Waals surface area (Å²) in [4.78, 5) is 2.51. The van der Waals surface area contributed by atoms with Crippen LogP contribution in [-0.4, -0.2) is 24.0 Å². The highest BCUT2D eigenvalue weighted by Gasteiger charge is 2.32. The number of aryl methyl sites for hydroxylation is 1. The van der Waals surface area contributed by atoms with Crippen molar-refractivity contribution in [2.75, 3.05) is 13.1 Å². The second-order valence-corrected chi connectivity index (χ2v) is 5.95. The van der Waals surface area contributed by atoms with Crippen molar-refractivity contribution in [2.24, 2.45) is 11.7 Å². The number of nitrogens with zero attached hydrogens (tertiary/aromatic N) is 1. The van der Waals surface area contributed by atoms with Crippen LogP contribution in [0.3, 0.4) is 0 Å². The summed E-state index contributed by atoms with van der Waals surface area (Å²) in [7, 11) is 0. The van der Waals surface area contributed by atoms with Gasteiger partial charge in [-0.05, 0) is 49.4 Å². The van der Waals surface area contributed by atoms with E-state index in [1.54, 1.807) is 6.07 Å². The van der Waals surface area contributed by atoms with Gasteiger partial charge in [0.25, 0.3) is 0 Å². The van der Waals surface area contributed by atoms with Gasteiger partial charge in [-0.15, -0.1) is 0 Å². The van der Waals surface area contributed by atoms with E-state index in [-0.39, 0.29) is 11.9 Å². The zero-order valence-corrected chi connectivity index (χ0v) is 12.2. The van der Waals surface area contributed by atoms with Gasteiger partial charge in [0.15, 0.2) is 0 Å². The fourth-order valence-electron chi connectivity index (χ4n) is 3.26. The van der Waals surface area contributed by atoms with Crippen LogP contribution in [0.1, 0.15) is 43.9 Å². The third-order valence-corrected chi connectivity index (χ3v) is 4.30. The van der Waals surface area contributed by atoms with Crippen molar-refractivity contribution in [1.82, 2.24) is 4.90 Å². The Bertz CT molecular complexity index is 431. The predicted octanol–water partition coefficient (Wildman–Crippen LogP) is 3.25. The molecule has 2 rings (SSSR count). The van der Waals surface area contributed by atoms with Gasteiger partial charge in [-0.25, -0.2) is 4.39 Å². The summed E-state index contributed by atoms with van der Waals surface area (Å²) in [5.41, 5.74) is 7.85. The molecular weight excluding hydrogens is 239 g/mol. The second kappa shape index (κ2) is 6.02. The summed E-state index contributed by atoms with van der Waals surface area (Å²) in [6.07, 6.45) is 2.48. The summed E-state index contributed by atoms with van der Waals surface area (Å²) in [5.74, 6) is 0.499. The highest BCUT2D eigenvalue weighted by Crippen LogP contribution is 2.32. The van der Waals surface area contributed by atoms with Crippen molar-refractivity contribution in [3.63, 3.8) is 0 Å². The molecule has 19 heavy (non-hydrogen) atoms. The van der Waals surface area contributed by atoms with Crippen LogP contribution in [0.25, 0.3) is 0 Å². The highest BCUT2D eigenvalue weighted by molar-refractivity contribution is 5.27. The lowest BCUT2D eigenvalue weighted by Gasteiger charge is -2.35. The number of halogens is 1. The summed E-state index contributed by atoms with van der Waals surface area (Å²) in [6.45, 7) is 8.05. The fraction of sp³-hybridized carbons (Fsp3) is 0.625. The first-order valence-electron chi connectivity index (χ1n) is 7.26. The number of likely N-dealkylation sites (tertiary alicyclic amines) is 1. The van der Waals surface area contributed by atoms with Crippen LogP contribution in [0.5, 0.6) is 0 Å². The highest BCUT2D eigenvalue weighted by atomic mass is 19.1. The zero-order valence-electron chi connectivity index (χ0n) is 12.2. The topological polar surface area (TPSA) is 29.3 Å². The molecule has 2 unspecified atom stereocenters. The van der Waals surface area contributed by atoms with Crippen molar-refractivity contribution in [1.29, 1.82) is 0 Å². The first kappa shape index (κ1) is 14.5. The van der Waals surface area contributed by atoms with E-state index >= 15 is 0 Å². The molecule has 0 saturated carbocycles. The monoisotopic (exact) mass is 264 g/mol.